The molecule has 0 saturated carbocycles. The second kappa shape index (κ2) is 10.4. The van der Waals surface area contributed by atoms with E-state index in [-0.39, 0.29) is 12.2 Å². The third-order valence-electron chi connectivity index (χ3n) is 3.83. The number of nitrogens with one attached hydrogen (secondary N) is 2. The number of phosphoric ester groups is 1. The van der Waals surface area contributed by atoms with E-state index in [2.05, 4.69) is 25.0 Å². The van der Waals surface area contributed by atoms with Crippen LogP contribution in [-0.2, 0) is 31.6 Å². The molecule has 0 aromatic carbocycles. The first kappa shape index (κ1) is 27.8. The Hall–Kier alpha value is -1.49. The number of aromatic nitrogens is 2. The predicted octanol–water partition coefficient (Wildman–Crippen LogP) is -1.90. The third-order valence-corrected chi connectivity index (χ3v) is 7.64. The van der Waals surface area contributed by atoms with Gasteiger partial charge < -0.3 is 39.8 Å². The topological polar surface area (TPSA) is 276 Å². The molecule has 1 aliphatic rings. The lowest BCUT2D eigenvalue weighted by Gasteiger charge is -2.19. The van der Waals surface area contributed by atoms with Crippen LogP contribution < -0.4 is 16.6 Å². The highest BCUT2D eigenvalue weighted by molar-refractivity contribution is 7.66. The van der Waals surface area contributed by atoms with Gasteiger partial charge in [0.2, 0.25) is 0 Å². The Kier molecular flexibility index (Phi) is 8.76. The Morgan fingerprint density at radius 3 is 2.33 bits per heavy atom. The minimum absolute atomic E-state index is 0.114. The zero-order chi connectivity index (χ0) is 25.2. The summed E-state index contributed by atoms with van der Waals surface area (Å²) in [7, 11) is -16.9. The first-order chi connectivity index (χ1) is 15.1. The molecule has 188 valence electrons. The van der Waals surface area contributed by atoms with Gasteiger partial charge >= 0.3 is 29.2 Å². The lowest BCUT2D eigenvalue weighted by molar-refractivity contribution is -0.0541. The van der Waals surface area contributed by atoms with E-state index in [0.717, 1.165) is 6.20 Å². The molecule has 1 aromatic heterocycles. The van der Waals surface area contributed by atoms with Gasteiger partial charge in [-0.1, -0.05) is 6.08 Å². The predicted molar refractivity (Wildman–Crippen MR) is 106 cm³/mol. The van der Waals surface area contributed by atoms with E-state index in [9.17, 15) is 38.4 Å². The maximum Gasteiger partial charge on any atom is 0.490 e. The molecule has 0 aliphatic carbocycles. The fraction of sp³-hybridized carbons (Fsp3) is 0.500. The quantitative estimate of drug-likeness (QED) is 0.113. The van der Waals surface area contributed by atoms with Gasteiger partial charge in [-0.25, -0.2) is 18.5 Å². The van der Waals surface area contributed by atoms with Gasteiger partial charge in [0.25, 0.3) is 5.56 Å². The van der Waals surface area contributed by atoms with Crippen molar-refractivity contribution in [2.45, 2.75) is 24.5 Å². The fourth-order valence-electron chi connectivity index (χ4n) is 2.55. The van der Waals surface area contributed by atoms with Gasteiger partial charge in [-0.2, -0.15) is 8.62 Å². The van der Waals surface area contributed by atoms with Crippen LogP contribution in [0.15, 0.2) is 28.4 Å². The Labute approximate surface area is 183 Å². The molecule has 0 radical (unpaired) electrons. The van der Waals surface area contributed by atoms with Crippen molar-refractivity contribution in [3.8, 4) is 0 Å². The summed E-state index contributed by atoms with van der Waals surface area (Å²) in [4.78, 5) is 61.4. The molecular weight excluding hydrogens is 519 g/mol. The van der Waals surface area contributed by atoms with Crippen LogP contribution in [0.25, 0.3) is 0 Å². The molecule has 0 spiro atoms. The maximum atomic E-state index is 12.1. The number of rotatable bonds is 11. The third kappa shape index (κ3) is 7.77. The average Bonchev–Trinajstić information content (AvgIpc) is 2.91. The van der Waals surface area contributed by atoms with E-state index in [4.69, 9.17) is 19.4 Å². The molecular formula is C12H20N3O15P3. The summed E-state index contributed by atoms with van der Waals surface area (Å²) in [6.07, 6.45) is -4.46. The van der Waals surface area contributed by atoms with E-state index < -0.39 is 65.9 Å². The Morgan fingerprint density at radius 2 is 1.76 bits per heavy atom. The Balaban J connectivity index is 2.13. The van der Waals surface area contributed by atoms with Crippen LogP contribution in [0.1, 0.15) is 6.23 Å². The molecule has 6 atom stereocenters. The van der Waals surface area contributed by atoms with Gasteiger partial charge in [-0.05, 0) is 0 Å². The SMILES string of the molecule is C=CCNc1cn([C@@H]2O[C@H](COP(=O)(O)OP(=O)(O)OP(=O)(O)O)C(O)C2O)c(=O)[nH]c1=O. The maximum absolute atomic E-state index is 12.1. The van der Waals surface area contributed by atoms with E-state index in [1.807, 2.05) is 4.98 Å². The molecule has 8 N–H and O–H groups in total. The van der Waals surface area contributed by atoms with Crippen molar-refractivity contribution in [3.05, 3.63) is 39.7 Å². The van der Waals surface area contributed by atoms with Crippen LogP contribution in [0.5, 0.6) is 0 Å². The lowest BCUT2D eigenvalue weighted by Crippen LogP contribution is -2.38. The number of phosphoric acid groups is 3. The molecule has 1 saturated heterocycles. The van der Waals surface area contributed by atoms with Crippen LogP contribution in [0.4, 0.5) is 5.69 Å². The Morgan fingerprint density at radius 1 is 1.12 bits per heavy atom. The van der Waals surface area contributed by atoms with Gasteiger partial charge in [-0.15, -0.1) is 6.58 Å². The van der Waals surface area contributed by atoms with Gasteiger partial charge in [0, 0.05) is 12.7 Å². The molecule has 2 heterocycles. The second-order valence-corrected chi connectivity index (χ2v) is 10.7. The van der Waals surface area contributed by atoms with Crippen LogP contribution in [-0.4, -0.2) is 70.8 Å². The van der Waals surface area contributed by atoms with Crippen molar-refractivity contribution in [1.29, 1.82) is 0 Å². The largest absolute Gasteiger partial charge is 0.490 e. The highest BCUT2D eigenvalue weighted by atomic mass is 31.3. The molecule has 1 aliphatic heterocycles. The first-order valence-corrected chi connectivity index (χ1v) is 13.1. The van der Waals surface area contributed by atoms with Crippen LogP contribution in [0.2, 0.25) is 0 Å². The number of nitrogens with zero attached hydrogens (tertiary/aromatic N) is 1. The summed E-state index contributed by atoms with van der Waals surface area (Å²) in [5, 5.41) is 22.9. The van der Waals surface area contributed by atoms with Crippen LogP contribution >= 0.6 is 23.5 Å². The standard InChI is InChI=1S/C12H20N3O15P3/c1-2-3-13-6-4-15(12(19)14-10(6)18)11-9(17)8(16)7(28-11)5-27-32(23,24)30-33(25,26)29-31(20,21)22/h2,4,7-9,11,13,16-17H,1,3,5H2,(H,23,24)(H,25,26)(H,14,18,19)(H2,20,21,22)/t7-,8?,9?,11-/m1/s1. The van der Waals surface area contributed by atoms with E-state index in [0.29, 0.717) is 4.57 Å². The average molecular weight is 539 g/mol. The monoisotopic (exact) mass is 539 g/mol. The number of aliphatic hydroxyl groups excluding tert-OH is 2. The molecule has 1 aromatic rings. The van der Waals surface area contributed by atoms with Crippen molar-refractivity contribution < 1.29 is 61.4 Å². The zero-order valence-corrected chi connectivity index (χ0v) is 18.9. The van der Waals surface area contributed by atoms with Crippen molar-refractivity contribution >= 4 is 29.2 Å². The minimum atomic E-state index is -5.76. The summed E-state index contributed by atoms with van der Waals surface area (Å²) in [5.41, 5.74) is -1.94. The highest BCUT2D eigenvalue weighted by Crippen LogP contribution is 2.66. The lowest BCUT2D eigenvalue weighted by atomic mass is 10.1. The number of anilines is 1. The van der Waals surface area contributed by atoms with Crippen LogP contribution in [0, 0.1) is 0 Å². The van der Waals surface area contributed by atoms with Crippen molar-refractivity contribution in [3.63, 3.8) is 0 Å². The summed E-state index contributed by atoms with van der Waals surface area (Å²) in [6, 6.07) is 0. The summed E-state index contributed by atoms with van der Waals surface area (Å²) < 4.78 is 51.1. The molecule has 0 bridgehead atoms. The number of hydrogen-bond donors (Lipinski definition) is 8. The van der Waals surface area contributed by atoms with Crippen LogP contribution in [0.3, 0.4) is 0 Å². The first-order valence-electron chi connectivity index (χ1n) is 8.55. The number of hydrogen-bond acceptors (Lipinski definition) is 12. The zero-order valence-electron chi connectivity index (χ0n) is 16.2. The smallest absolute Gasteiger partial charge is 0.387 e. The molecule has 33 heavy (non-hydrogen) atoms. The van der Waals surface area contributed by atoms with Gasteiger partial charge in [0.15, 0.2) is 6.23 Å². The molecule has 1 fully saturated rings. The number of ether oxygens (including phenoxy) is 1. The second-order valence-electron chi connectivity index (χ2n) is 6.31. The number of H-pyrrole nitrogens is 1. The Bertz CT molecular complexity index is 1130. The summed E-state index contributed by atoms with van der Waals surface area (Å²) >= 11 is 0. The van der Waals surface area contributed by atoms with E-state index >= 15 is 0 Å². The minimum Gasteiger partial charge on any atom is -0.387 e. The van der Waals surface area contributed by atoms with E-state index in [1.54, 1.807) is 0 Å². The highest BCUT2D eigenvalue weighted by Gasteiger charge is 2.46. The van der Waals surface area contributed by atoms with E-state index in [1.165, 1.54) is 6.08 Å². The summed E-state index contributed by atoms with van der Waals surface area (Å²) in [6.45, 7) is 2.51. The van der Waals surface area contributed by atoms with Crippen molar-refractivity contribution in [1.82, 2.24) is 9.55 Å². The molecule has 0 amide bonds. The van der Waals surface area contributed by atoms with Gasteiger partial charge in [0.1, 0.15) is 24.0 Å². The normalized spacial score (nSPS) is 27.0. The van der Waals surface area contributed by atoms with Gasteiger partial charge in [0.05, 0.1) is 6.61 Å². The summed E-state index contributed by atoms with van der Waals surface area (Å²) in [5.74, 6) is 0. The number of aromatic amines is 1. The number of aliphatic hydroxyl groups is 2. The molecule has 18 nitrogen and oxygen atoms in total. The molecule has 2 rings (SSSR count). The molecule has 21 heteroatoms. The van der Waals surface area contributed by atoms with Crippen molar-refractivity contribution in [2.24, 2.45) is 0 Å². The fourth-order valence-corrected chi connectivity index (χ4v) is 5.58. The van der Waals surface area contributed by atoms with Gasteiger partial charge in [-0.3, -0.25) is 18.9 Å². The van der Waals surface area contributed by atoms with Crippen molar-refractivity contribution in [2.75, 3.05) is 18.5 Å². The molecule has 4 unspecified atom stereocenters.